The smallest absolute Gasteiger partial charge is 0.870 e. The number of methoxy groups -OCH3 is 4. The maximum atomic E-state index is 14.1. The Morgan fingerprint density at radius 1 is 0.516 bits per heavy atom. The first-order valence-corrected chi connectivity index (χ1v) is 43.9. The van der Waals surface area contributed by atoms with Crippen molar-refractivity contribution >= 4 is 51.4 Å². The van der Waals surface area contributed by atoms with Crippen molar-refractivity contribution in [1.29, 1.82) is 0 Å². The zero-order chi connectivity index (χ0) is 83.5. The molecule has 4 aromatic carbocycles. The van der Waals surface area contributed by atoms with Gasteiger partial charge in [0.25, 0.3) is 0 Å². The molecule has 652 valence electrons. The van der Waals surface area contributed by atoms with E-state index in [-0.39, 0.29) is 114 Å². The van der Waals surface area contributed by atoms with Gasteiger partial charge in [-0.2, -0.15) is 6.42 Å². The molecule has 122 heavy (non-hydrogen) atoms. The molecule has 0 aromatic heterocycles. The number of hydrogen-bond donors (Lipinski definition) is 4. The molecule has 17 atom stereocenters. The number of nitrogens with one attached hydrogen (secondary N) is 1. The maximum absolute atomic E-state index is 14.1. The van der Waals surface area contributed by atoms with E-state index >= 15 is 0 Å². The number of rotatable bonds is 16. The fraction of sp³-hybridized carbons (Fsp3) is 0.630. The Morgan fingerprint density at radius 3 is 1.38 bits per heavy atom. The number of carbonyl (C=O) groups excluding carboxylic acids is 5. The van der Waals surface area contributed by atoms with E-state index in [4.69, 9.17) is 80.0 Å². The molecule has 22 rings (SSSR count). The largest absolute Gasteiger partial charge is 1.00 e. The van der Waals surface area contributed by atoms with Gasteiger partial charge in [-0.25, -0.2) is 0 Å². The van der Waals surface area contributed by atoms with Crippen LogP contribution < -0.4 is 86.0 Å². The normalized spacial score (nSPS) is 34.3. The van der Waals surface area contributed by atoms with Crippen molar-refractivity contribution in [1.82, 2.24) is 20.0 Å². The number of benzene rings is 4. The molecular weight excluding hydrogens is 1600 g/mol. The summed E-state index contributed by atoms with van der Waals surface area (Å²) in [7, 11) is 12.8. The number of likely N-dealkylation sites (N-methyl/N-ethyl adjacent to an activating group) is 3. The van der Waals surface area contributed by atoms with E-state index in [0.29, 0.717) is 136 Å². The second-order valence-corrected chi connectivity index (χ2v) is 36.9. The first-order chi connectivity index (χ1) is 57.3. The summed E-state index contributed by atoms with van der Waals surface area (Å²) in [5.41, 5.74) is 2.36. The number of likely N-dealkylation sites (tertiary alicyclic amines) is 3. The van der Waals surface area contributed by atoms with Crippen molar-refractivity contribution in [3.05, 3.63) is 123 Å². The molecule has 2 saturated carbocycles. The van der Waals surface area contributed by atoms with Crippen LogP contribution in [0.3, 0.4) is 0 Å². The van der Waals surface area contributed by atoms with E-state index in [2.05, 4.69) is 78.8 Å². The minimum atomic E-state index is -1.11. The molecule has 0 radical (unpaired) electrons. The number of Topliss-reactive ketones (excluding diaryl/α,β-unsaturated/α-hetero) is 1. The van der Waals surface area contributed by atoms with Gasteiger partial charge in [0.2, 0.25) is 10.5 Å². The SMILES string of the molecule is C1CCOC1.C1CCOC1.COc1ccc2c3c1O[C@H]1C(=O)CC[C@@]4(O)[C@@H](C2)N(C)CC[C@]314.COc1ccc2c3c1O[C@H]1C(OC(=O)CCCCC(=O)OC4=CC[C@@]5(O)[C@H]6Cc7ccc(OC)c8c7[C@@]5(CCN6C)[C@H]4O8)=CC[C@@]4(O)[C@@H](C2)NC(C)C[C@]314.COc1ccc2c3c1O[C@H]1[CH-]CC[C@@]4([O-])[C@@H](C2)N(C)CC[C@]314.O=C(Cl)CCCCC(=O)Cl.[Li+].[Li+].[OH-]. The van der Waals surface area contributed by atoms with Crippen LogP contribution in [-0.2, 0) is 90.3 Å². The molecule has 26 nitrogen and oxygen atoms in total. The van der Waals surface area contributed by atoms with Gasteiger partial charge in [-0.05, 0) is 245 Å². The van der Waals surface area contributed by atoms with Crippen LogP contribution in [0.25, 0.3) is 0 Å². The number of hydrogen-bond acceptors (Lipinski definition) is 26. The molecule has 30 heteroatoms. The summed E-state index contributed by atoms with van der Waals surface area (Å²) in [6.45, 7) is 8.74. The minimum Gasteiger partial charge on any atom is -0.870 e. The Balaban J connectivity index is 0.000000146. The molecule has 8 fully saturated rings. The molecule has 4 spiro atoms. The molecular formula is C92H115Cl2Li2N4O22-. The van der Waals surface area contributed by atoms with Crippen molar-refractivity contribution in [2.75, 3.05) is 95.6 Å². The number of esters is 2. The van der Waals surface area contributed by atoms with Crippen LogP contribution in [0.15, 0.2) is 72.2 Å². The first kappa shape index (κ1) is 92.2. The molecule has 8 aliphatic carbocycles. The number of ether oxygens (including phenoxy) is 12. The summed E-state index contributed by atoms with van der Waals surface area (Å²) in [6, 6.07) is 16.1. The van der Waals surface area contributed by atoms with Gasteiger partial charge in [-0.15, -0.1) is 0 Å². The van der Waals surface area contributed by atoms with Gasteiger partial charge >= 0.3 is 49.7 Å². The standard InChI is InChI=1S/C42H48N2O10.C18H21NO4.C18H21NO3.C6H8Cl2O2.2C4H8O.2Li.H2O/c1-22-21-40-34-23-9-11-26(50-4)36(34)54-38(40)28(13-15-41(40,47)29(19-23)43-22)52-32(46)8-6-5-7-31(45)51-27-14-16-42(48)30-20-24-10-12-25(49-3)35-33(24)39(42,37(27)53-35)17-18-44(30)2;1-19-8-7-17-14-10-3-4-12(22-2)15(14)23-16(17)11(20)5-6-18(17,21)13(19)9-10;1-19-9-8-17-14-4-3-7-18(17,20)13(19)10-11-5-6-12(21-2)16(22-14)15(11)17;7-5(9)3-1-2-4-6(8)10;2*1-2-4-5-3-1;;;/h9-14,22,29-30,37-38,43,47-48H,5-8,15-21H2,1-4H3;3-4,13,16,21H,5-9H2,1-2H3;4-6,13-14H,3,7-10H2,1-2H3;1-4H2;2*1-4H2;;;1H2/q;;-2;;;;2*+1;/p-1/t22?,29-,30-,37+,38+,39+,40+,41-,42-;13-,16+,17+,18-;13-,14+,17-,18-;;;;;;/m111....../s1. The Kier molecular flexibility index (Phi) is 27.2. The molecule has 4 aromatic rings. The second kappa shape index (κ2) is 35.9. The molecule has 6 saturated heterocycles. The van der Waals surface area contributed by atoms with Crippen LogP contribution in [-0.4, -0.2) is 236 Å². The van der Waals surface area contributed by atoms with Crippen LogP contribution in [0.4, 0.5) is 0 Å². The van der Waals surface area contributed by atoms with Crippen molar-refractivity contribution in [2.45, 2.75) is 273 Å². The van der Waals surface area contributed by atoms with Gasteiger partial charge in [0.1, 0.15) is 11.5 Å². The molecule has 0 amide bonds. The fourth-order valence-corrected chi connectivity index (χ4v) is 25.2. The van der Waals surface area contributed by atoms with E-state index in [9.17, 15) is 44.4 Å². The molecule has 10 aliphatic heterocycles. The second-order valence-electron chi connectivity index (χ2n) is 36.1. The van der Waals surface area contributed by atoms with Crippen LogP contribution in [0.1, 0.15) is 193 Å². The minimum absolute atomic E-state index is 0. The predicted molar refractivity (Wildman–Crippen MR) is 439 cm³/mol. The van der Waals surface area contributed by atoms with Gasteiger partial charge in [-0.1, -0.05) is 36.3 Å². The number of piperidine rings is 4. The summed E-state index contributed by atoms with van der Waals surface area (Å²) >= 11 is 10.1. The zero-order valence-electron chi connectivity index (χ0n) is 72.1. The average Bonchev–Trinajstić information content (AvgIpc) is 1.48. The number of nitrogens with zero attached hydrogens (tertiary/aromatic N) is 3. The first-order valence-electron chi connectivity index (χ1n) is 43.2. The number of carbonyl (C=O) groups is 5. The van der Waals surface area contributed by atoms with Gasteiger partial charge in [0.15, 0.2) is 70.1 Å². The maximum Gasteiger partial charge on any atom is 1.00 e. The summed E-state index contributed by atoms with van der Waals surface area (Å²) in [5, 5.41) is 53.5. The van der Waals surface area contributed by atoms with Crippen LogP contribution in [0.5, 0.6) is 46.0 Å². The molecule has 1 unspecified atom stereocenters. The van der Waals surface area contributed by atoms with Crippen molar-refractivity contribution in [2.24, 2.45) is 0 Å². The Hall–Kier alpha value is -5.96. The van der Waals surface area contributed by atoms with Gasteiger partial charge in [-0.3, -0.25) is 30.4 Å². The number of halogens is 2. The number of unbranched alkanes of at least 4 members (excludes halogenated alkanes) is 2. The van der Waals surface area contributed by atoms with Crippen LogP contribution in [0, 0.1) is 6.42 Å². The van der Waals surface area contributed by atoms with Gasteiger partial charge in [0.05, 0.1) is 61.5 Å². The van der Waals surface area contributed by atoms with E-state index in [1.54, 1.807) is 28.4 Å². The van der Waals surface area contributed by atoms with E-state index in [0.717, 1.165) is 124 Å². The summed E-state index contributed by atoms with van der Waals surface area (Å²) < 4.78 is 70.0. The number of aliphatic hydroxyl groups is 3. The third kappa shape index (κ3) is 14.4. The van der Waals surface area contributed by atoms with Crippen molar-refractivity contribution in [3.63, 3.8) is 0 Å². The molecule has 8 bridgehead atoms. The summed E-state index contributed by atoms with van der Waals surface area (Å²) in [4.78, 5) is 66.4. The fourth-order valence-electron chi connectivity index (χ4n) is 24.9. The third-order valence-corrected chi connectivity index (χ3v) is 30.7. The topological polar surface area (TPSA) is 332 Å². The van der Waals surface area contributed by atoms with Crippen LogP contribution >= 0.6 is 23.2 Å². The third-order valence-electron chi connectivity index (χ3n) is 30.3. The summed E-state index contributed by atoms with van der Waals surface area (Å²) in [6.07, 6.45) is 21.1. The van der Waals surface area contributed by atoms with Gasteiger partial charge < -0.3 is 103 Å². The Morgan fingerprint density at radius 2 is 0.910 bits per heavy atom. The van der Waals surface area contributed by atoms with E-state index in [1.807, 2.05) is 36.4 Å². The van der Waals surface area contributed by atoms with E-state index in [1.165, 1.54) is 42.4 Å². The Labute approximate surface area is 748 Å². The van der Waals surface area contributed by atoms with E-state index < -0.39 is 68.9 Å². The monoisotopic (exact) mass is 1710 g/mol. The van der Waals surface area contributed by atoms with Crippen LogP contribution in [0.2, 0.25) is 0 Å². The number of ketones is 1. The quantitative estimate of drug-likeness (QED) is 0.0411. The summed E-state index contributed by atoms with van der Waals surface area (Å²) in [5.74, 6) is 5.56. The van der Waals surface area contributed by atoms with Crippen molar-refractivity contribution in [3.8, 4) is 46.0 Å². The van der Waals surface area contributed by atoms with Gasteiger partial charge in [0, 0.05) is 129 Å². The Bertz CT molecular complexity index is 4680. The zero-order valence-corrected chi connectivity index (χ0v) is 73.6. The predicted octanol–water partition coefficient (Wildman–Crippen LogP) is 3.25. The molecule has 5 N–H and O–H groups in total. The average molecular weight is 1710 g/mol. The van der Waals surface area contributed by atoms with Crippen molar-refractivity contribution < 1.29 is 144 Å². The molecule has 18 aliphatic rings. The molecule has 10 heterocycles.